The number of nitrogens with zero attached hydrogens (tertiary/aromatic N) is 1. The number of aromatic nitrogens is 1. The molecular weight excluding hydrogens is 302 g/mol. The van der Waals surface area contributed by atoms with E-state index in [-0.39, 0.29) is 0 Å². The number of para-hydroxylation sites is 1. The van der Waals surface area contributed by atoms with Crippen molar-refractivity contribution in [2.24, 2.45) is 0 Å². The number of hydrogen-bond donors (Lipinski definition) is 0. The van der Waals surface area contributed by atoms with Crippen LogP contribution >= 0.6 is 0 Å². The van der Waals surface area contributed by atoms with E-state index in [0.717, 1.165) is 23.0 Å². The molecule has 0 unspecified atom stereocenters. The molecule has 0 saturated heterocycles. The van der Waals surface area contributed by atoms with Gasteiger partial charge >= 0.3 is 0 Å². The molecule has 0 fully saturated rings. The molecule has 0 radical (unpaired) electrons. The third kappa shape index (κ3) is 3.43. The Morgan fingerprint density at radius 1 is 1.04 bits per heavy atom. The zero-order valence-corrected chi connectivity index (χ0v) is 13.3. The SMILES string of the molecule is COc1cc(-c2cccc(C=O)c2OCc2ccccc2)ccn1. The van der Waals surface area contributed by atoms with Crippen molar-refractivity contribution >= 4 is 6.29 Å². The van der Waals surface area contributed by atoms with Crippen LogP contribution in [-0.2, 0) is 6.61 Å². The van der Waals surface area contributed by atoms with Gasteiger partial charge in [0.1, 0.15) is 12.4 Å². The Morgan fingerprint density at radius 3 is 2.62 bits per heavy atom. The fourth-order valence-electron chi connectivity index (χ4n) is 2.45. The summed E-state index contributed by atoms with van der Waals surface area (Å²) in [5, 5.41) is 0. The van der Waals surface area contributed by atoms with Gasteiger partial charge in [0, 0.05) is 17.8 Å². The minimum absolute atomic E-state index is 0.390. The average Bonchev–Trinajstić information content (AvgIpc) is 2.67. The van der Waals surface area contributed by atoms with Gasteiger partial charge < -0.3 is 9.47 Å². The molecule has 1 heterocycles. The predicted octanol–water partition coefficient (Wildman–Crippen LogP) is 4.15. The third-order valence-electron chi connectivity index (χ3n) is 3.65. The number of pyridine rings is 1. The van der Waals surface area contributed by atoms with Crippen molar-refractivity contribution < 1.29 is 14.3 Å². The van der Waals surface area contributed by atoms with Crippen LogP contribution in [0.25, 0.3) is 11.1 Å². The van der Waals surface area contributed by atoms with Crippen molar-refractivity contribution in [1.29, 1.82) is 0 Å². The van der Waals surface area contributed by atoms with E-state index < -0.39 is 0 Å². The van der Waals surface area contributed by atoms with Crippen LogP contribution in [0.5, 0.6) is 11.6 Å². The Bertz CT molecular complexity index is 831. The van der Waals surface area contributed by atoms with Crippen LogP contribution in [-0.4, -0.2) is 18.4 Å². The highest BCUT2D eigenvalue weighted by Crippen LogP contribution is 2.34. The summed E-state index contributed by atoms with van der Waals surface area (Å²) in [5.74, 6) is 1.07. The standard InChI is InChI=1S/C20H17NO3/c1-23-19-12-16(10-11-21-19)18-9-5-8-17(13-22)20(18)24-14-15-6-3-2-4-7-15/h2-13H,14H2,1H3. The van der Waals surface area contributed by atoms with Gasteiger partial charge in [0.05, 0.1) is 12.7 Å². The highest BCUT2D eigenvalue weighted by atomic mass is 16.5. The first kappa shape index (κ1) is 15.7. The Kier molecular flexibility index (Phi) is 4.87. The maximum atomic E-state index is 11.4. The molecule has 120 valence electrons. The lowest BCUT2D eigenvalue weighted by atomic mass is 10.0. The van der Waals surface area contributed by atoms with Crippen molar-refractivity contribution in [2.45, 2.75) is 6.61 Å². The van der Waals surface area contributed by atoms with E-state index in [4.69, 9.17) is 9.47 Å². The molecule has 24 heavy (non-hydrogen) atoms. The molecule has 2 aromatic carbocycles. The molecule has 0 amide bonds. The van der Waals surface area contributed by atoms with E-state index in [1.54, 1.807) is 19.4 Å². The fourth-order valence-corrected chi connectivity index (χ4v) is 2.45. The van der Waals surface area contributed by atoms with E-state index in [2.05, 4.69) is 4.98 Å². The van der Waals surface area contributed by atoms with Crippen LogP contribution in [0.4, 0.5) is 0 Å². The van der Waals surface area contributed by atoms with Gasteiger partial charge in [-0.2, -0.15) is 0 Å². The van der Waals surface area contributed by atoms with Gasteiger partial charge in [-0.3, -0.25) is 4.79 Å². The van der Waals surface area contributed by atoms with Crippen LogP contribution in [0.3, 0.4) is 0 Å². The zero-order chi connectivity index (χ0) is 16.8. The lowest BCUT2D eigenvalue weighted by Crippen LogP contribution is -2.00. The Labute approximate surface area is 140 Å². The van der Waals surface area contributed by atoms with E-state index in [0.29, 0.717) is 23.8 Å². The molecule has 0 spiro atoms. The molecule has 1 aromatic heterocycles. The normalized spacial score (nSPS) is 10.2. The van der Waals surface area contributed by atoms with Gasteiger partial charge in [0.25, 0.3) is 0 Å². The van der Waals surface area contributed by atoms with Crippen molar-refractivity contribution in [2.75, 3.05) is 7.11 Å². The smallest absolute Gasteiger partial charge is 0.213 e. The molecule has 0 aliphatic rings. The Balaban J connectivity index is 1.98. The predicted molar refractivity (Wildman–Crippen MR) is 92.4 cm³/mol. The maximum Gasteiger partial charge on any atom is 0.213 e. The Hall–Kier alpha value is -3.14. The number of benzene rings is 2. The second-order valence-electron chi connectivity index (χ2n) is 5.20. The first-order chi connectivity index (χ1) is 11.8. The first-order valence-corrected chi connectivity index (χ1v) is 7.57. The molecular formula is C20H17NO3. The van der Waals surface area contributed by atoms with Crippen LogP contribution in [0.2, 0.25) is 0 Å². The van der Waals surface area contributed by atoms with E-state index in [1.807, 2.05) is 54.6 Å². The number of ether oxygens (including phenoxy) is 2. The van der Waals surface area contributed by atoms with Gasteiger partial charge in [0.15, 0.2) is 6.29 Å². The Morgan fingerprint density at radius 2 is 1.88 bits per heavy atom. The van der Waals surface area contributed by atoms with Gasteiger partial charge in [-0.25, -0.2) is 4.98 Å². The largest absolute Gasteiger partial charge is 0.488 e. The van der Waals surface area contributed by atoms with Crippen molar-refractivity contribution in [3.05, 3.63) is 78.0 Å². The van der Waals surface area contributed by atoms with Crippen molar-refractivity contribution in [3.63, 3.8) is 0 Å². The molecule has 0 saturated carbocycles. The van der Waals surface area contributed by atoms with Gasteiger partial charge in [-0.15, -0.1) is 0 Å². The molecule has 0 bridgehead atoms. The van der Waals surface area contributed by atoms with Gasteiger partial charge in [-0.05, 0) is 23.3 Å². The summed E-state index contributed by atoms with van der Waals surface area (Å²) in [6, 6.07) is 19.0. The average molecular weight is 319 g/mol. The molecule has 3 rings (SSSR count). The van der Waals surface area contributed by atoms with Crippen LogP contribution in [0.1, 0.15) is 15.9 Å². The molecule has 3 aromatic rings. The highest BCUT2D eigenvalue weighted by Gasteiger charge is 2.12. The maximum absolute atomic E-state index is 11.4. The summed E-state index contributed by atoms with van der Waals surface area (Å²) in [5.41, 5.74) is 3.26. The minimum atomic E-state index is 0.390. The minimum Gasteiger partial charge on any atom is -0.488 e. The summed E-state index contributed by atoms with van der Waals surface area (Å²) in [6.07, 6.45) is 2.48. The van der Waals surface area contributed by atoms with Gasteiger partial charge in [-0.1, -0.05) is 42.5 Å². The summed E-state index contributed by atoms with van der Waals surface area (Å²) in [7, 11) is 1.57. The number of carbonyl (C=O) groups is 1. The lowest BCUT2D eigenvalue weighted by molar-refractivity contribution is 0.111. The first-order valence-electron chi connectivity index (χ1n) is 7.57. The monoisotopic (exact) mass is 319 g/mol. The quantitative estimate of drug-likeness (QED) is 0.640. The summed E-state index contributed by atoms with van der Waals surface area (Å²) >= 11 is 0. The van der Waals surface area contributed by atoms with Gasteiger partial charge in [0.2, 0.25) is 5.88 Å². The van der Waals surface area contributed by atoms with Crippen LogP contribution < -0.4 is 9.47 Å². The highest BCUT2D eigenvalue weighted by molar-refractivity contribution is 5.86. The summed E-state index contributed by atoms with van der Waals surface area (Å²) in [4.78, 5) is 15.5. The third-order valence-corrected chi connectivity index (χ3v) is 3.65. The topological polar surface area (TPSA) is 48.4 Å². The van der Waals surface area contributed by atoms with Crippen LogP contribution in [0, 0.1) is 0 Å². The molecule has 0 N–H and O–H groups in total. The van der Waals surface area contributed by atoms with E-state index >= 15 is 0 Å². The molecule has 4 nitrogen and oxygen atoms in total. The van der Waals surface area contributed by atoms with Crippen LogP contribution in [0.15, 0.2) is 66.9 Å². The number of methoxy groups -OCH3 is 1. The molecule has 0 aliphatic carbocycles. The fraction of sp³-hybridized carbons (Fsp3) is 0.100. The van der Waals surface area contributed by atoms with E-state index in [1.165, 1.54) is 0 Å². The number of rotatable bonds is 6. The number of aldehydes is 1. The summed E-state index contributed by atoms with van der Waals surface area (Å²) in [6.45, 7) is 0.390. The van der Waals surface area contributed by atoms with E-state index in [9.17, 15) is 4.79 Å². The lowest BCUT2D eigenvalue weighted by Gasteiger charge is -2.14. The molecule has 0 atom stereocenters. The number of carbonyl (C=O) groups excluding carboxylic acids is 1. The van der Waals surface area contributed by atoms with Crippen molar-refractivity contribution in [3.8, 4) is 22.8 Å². The molecule has 0 aliphatic heterocycles. The number of hydrogen-bond acceptors (Lipinski definition) is 4. The summed E-state index contributed by atoms with van der Waals surface area (Å²) < 4.78 is 11.2. The second kappa shape index (κ2) is 7.42. The second-order valence-corrected chi connectivity index (χ2v) is 5.20. The van der Waals surface area contributed by atoms with Crippen molar-refractivity contribution in [1.82, 2.24) is 4.98 Å². The molecule has 4 heteroatoms. The zero-order valence-electron chi connectivity index (χ0n) is 13.3.